The average Bonchev–Trinajstić information content (AvgIpc) is 2.42. The predicted molar refractivity (Wildman–Crippen MR) is 71.2 cm³/mol. The van der Waals surface area contributed by atoms with E-state index in [-0.39, 0.29) is 25.4 Å². The Labute approximate surface area is 112 Å². The number of carbonyl (C=O) groups is 2. The quantitative estimate of drug-likeness (QED) is 0.652. The van der Waals surface area contributed by atoms with Crippen LogP contribution in [0.2, 0.25) is 0 Å². The summed E-state index contributed by atoms with van der Waals surface area (Å²) in [7, 11) is 0. The van der Waals surface area contributed by atoms with Crippen LogP contribution in [0.4, 0.5) is 0 Å². The SMILES string of the molecule is O=C(O)CCN(CCCO)CC(=O)c1ccccc1. The molecule has 0 aliphatic carbocycles. The summed E-state index contributed by atoms with van der Waals surface area (Å²) in [5.74, 6) is -0.926. The minimum atomic E-state index is -0.888. The van der Waals surface area contributed by atoms with Gasteiger partial charge >= 0.3 is 5.97 Å². The first-order chi connectivity index (χ1) is 9.13. The molecule has 19 heavy (non-hydrogen) atoms. The van der Waals surface area contributed by atoms with Gasteiger partial charge in [-0.3, -0.25) is 14.5 Å². The highest BCUT2D eigenvalue weighted by molar-refractivity contribution is 5.97. The van der Waals surface area contributed by atoms with Crippen LogP contribution in [-0.2, 0) is 4.79 Å². The Morgan fingerprint density at radius 3 is 2.37 bits per heavy atom. The van der Waals surface area contributed by atoms with Crippen LogP contribution in [0.1, 0.15) is 23.2 Å². The summed E-state index contributed by atoms with van der Waals surface area (Å²) in [6.07, 6.45) is 0.523. The lowest BCUT2D eigenvalue weighted by Crippen LogP contribution is -2.33. The molecule has 5 heteroatoms. The van der Waals surface area contributed by atoms with Gasteiger partial charge in [0.2, 0.25) is 0 Å². The second-order valence-corrected chi connectivity index (χ2v) is 4.29. The average molecular weight is 265 g/mol. The smallest absolute Gasteiger partial charge is 0.304 e. The number of nitrogens with zero attached hydrogens (tertiary/aromatic N) is 1. The molecule has 0 heterocycles. The van der Waals surface area contributed by atoms with Crippen LogP contribution in [0.25, 0.3) is 0 Å². The molecule has 5 nitrogen and oxygen atoms in total. The van der Waals surface area contributed by atoms with E-state index in [2.05, 4.69) is 0 Å². The fourth-order valence-corrected chi connectivity index (χ4v) is 1.74. The van der Waals surface area contributed by atoms with Crippen molar-refractivity contribution >= 4 is 11.8 Å². The predicted octanol–water partition coefficient (Wildman–Crippen LogP) is 1.03. The van der Waals surface area contributed by atoms with Crippen molar-refractivity contribution in [3.8, 4) is 0 Å². The third-order valence-corrected chi connectivity index (χ3v) is 2.74. The Hall–Kier alpha value is -1.72. The third-order valence-electron chi connectivity index (χ3n) is 2.74. The number of hydrogen-bond donors (Lipinski definition) is 2. The van der Waals surface area contributed by atoms with Gasteiger partial charge in [0.25, 0.3) is 0 Å². The van der Waals surface area contributed by atoms with Gasteiger partial charge in [0.05, 0.1) is 13.0 Å². The zero-order valence-electron chi connectivity index (χ0n) is 10.8. The Kier molecular flexibility index (Phi) is 6.78. The van der Waals surface area contributed by atoms with Gasteiger partial charge in [-0.2, -0.15) is 0 Å². The van der Waals surface area contributed by atoms with Crippen molar-refractivity contribution in [3.63, 3.8) is 0 Å². The van der Waals surface area contributed by atoms with Gasteiger partial charge in [-0.05, 0) is 6.42 Å². The molecule has 0 saturated heterocycles. The van der Waals surface area contributed by atoms with Crippen LogP contribution in [-0.4, -0.2) is 53.1 Å². The van der Waals surface area contributed by atoms with Crippen LogP contribution >= 0.6 is 0 Å². The second-order valence-electron chi connectivity index (χ2n) is 4.29. The molecule has 0 saturated carbocycles. The van der Waals surface area contributed by atoms with Gasteiger partial charge in [0.1, 0.15) is 0 Å². The zero-order chi connectivity index (χ0) is 14.1. The maximum Gasteiger partial charge on any atom is 0.304 e. The number of benzene rings is 1. The summed E-state index contributed by atoms with van der Waals surface area (Å²) in [4.78, 5) is 24.3. The molecule has 0 atom stereocenters. The lowest BCUT2D eigenvalue weighted by atomic mass is 10.1. The van der Waals surface area contributed by atoms with Gasteiger partial charge in [-0.25, -0.2) is 0 Å². The van der Waals surface area contributed by atoms with Crippen LogP contribution in [0.5, 0.6) is 0 Å². The van der Waals surface area contributed by atoms with Gasteiger partial charge in [-0.15, -0.1) is 0 Å². The van der Waals surface area contributed by atoms with E-state index < -0.39 is 5.97 Å². The summed E-state index contributed by atoms with van der Waals surface area (Å²) >= 11 is 0. The van der Waals surface area contributed by atoms with Crippen LogP contribution < -0.4 is 0 Å². The van der Waals surface area contributed by atoms with Crippen molar-refractivity contribution < 1.29 is 19.8 Å². The minimum absolute atomic E-state index is 0.00645. The van der Waals surface area contributed by atoms with Crippen molar-refractivity contribution in [2.45, 2.75) is 12.8 Å². The van der Waals surface area contributed by atoms with Gasteiger partial charge in [0.15, 0.2) is 5.78 Å². The molecule has 1 aromatic carbocycles. The monoisotopic (exact) mass is 265 g/mol. The van der Waals surface area contributed by atoms with Crippen molar-refractivity contribution in [2.24, 2.45) is 0 Å². The normalized spacial score (nSPS) is 10.6. The van der Waals surface area contributed by atoms with E-state index >= 15 is 0 Å². The number of carboxylic acids is 1. The molecule has 1 rings (SSSR count). The molecular weight excluding hydrogens is 246 g/mol. The summed E-state index contributed by atoms with van der Waals surface area (Å²) in [6.45, 7) is 1.04. The van der Waals surface area contributed by atoms with E-state index in [0.29, 0.717) is 25.1 Å². The van der Waals surface area contributed by atoms with E-state index in [1.165, 1.54) is 0 Å². The standard InChI is InChI=1S/C14H19NO4/c16-10-4-8-15(9-7-14(18)19)11-13(17)12-5-2-1-3-6-12/h1-3,5-6,16H,4,7-11H2,(H,18,19). The molecule has 0 aliphatic heterocycles. The largest absolute Gasteiger partial charge is 0.481 e. The highest BCUT2D eigenvalue weighted by Gasteiger charge is 2.13. The molecular formula is C14H19NO4. The first kappa shape index (κ1) is 15.3. The van der Waals surface area contributed by atoms with Gasteiger partial charge in [0, 0.05) is 25.3 Å². The fraction of sp³-hybridized carbons (Fsp3) is 0.429. The summed E-state index contributed by atoms with van der Waals surface area (Å²) in [5, 5.41) is 17.5. The Bertz CT molecular complexity index is 405. The minimum Gasteiger partial charge on any atom is -0.481 e. The third kappa shape index (κ3) is 6.13. The molecule has 0 fully saturated rings. The number of carbonyl (C=O) groups excluding carboxylic acids is 1. The molecule has 0 aliphatic rings. The van der Waals surface area contributed by atoms with Crippen molar-refractivity contribution in [3.05, 3.63) is 35.9 Å². The molecule has 0 bridgehead atoms. The molecule has 0 aromatic heterocycles. The molecule has 104 valence electrons. The van der Waals surface area contributed by atoms with E-state index in [0.717, 1.165) is 0 Å². The van der Waals surface area contributed by atoms with E-state index in [9.17, 15) is 9.59 Å². The first-order valence-electron chi connectivity index (χ1n) is 6.26. The first-order valence-corrected chi connectivity index (χ1v) is 6.26. The lowest BCUT2D eigenvalue weighted by molar-refractivity contribution is -0.137. The number of aliphatic hydroxyl groups is 1. The maximum atomic E-state index is 12.0. The topological polar surface area (TPSA) is 77.8 Å². The molecule has 0 spiro atoms. The number of rotatable bonds is 9. The zero-order valence-corrected chi connectivity index (χ0v) is 10.8. The maximum absolute atomic E-state index is 12.0. The number of carboxylic acid groups (broad SMARTS) is 1. The van der Waals surface area contributed by atoms with Gasteiger partial charge in [-0.1, -0.05) is 30.3 Å². The van der Waals surface area contributed by atoms with Gasteiger partial charge < -0.3 is 10.2 Å². The van der Waals surface area contributed by atoms with E-state index in [1.54, 1.807) is 29.2 Å². The number of Topliss-reactive ketones (excluding diaryl/α,β-unsaturated/α-hetero) is 1. The summed E-state index contributed by atoms with van der Waals surface area (Å²) in [5.41, 5.74) is 0.617. The molecule has 0 unspecified atom stereocenters. The summed E-state index contributed by atoms with van der Waals surface area (Å²) in [6, 6.07) is 8.91. The molecule has 0 radical (unpaired) electrons. The van der Waals surface area contributed by atoms with Crippen LogP contribution in [0.15, 0.2) is 30.3 Å². The number of ketones is 1. The van der Waals surface area contributed by atoms with Crippen LogP contribution in [0, 0.1) is 0 Å². The molecule has 1 aromatic rings. The van der Waals surface area contributed by atoms with E-state index in [4.69, 9.17) is 10.2 Å². The van der Waals surface area contributed by atoms with E-state index in [1.807, 2.05) is 6.07 Å². The highest BCUT2D eigenvalue weighted by atomic mass is 16.4. The summed E-state index contributed by atoms with van der Waals surface area (Å²) < 4.78 is 0. The Morgan fingerprint density at radius 1 is 1.11 bits per heavy atom. The Morgan fingerprint density at radius 2 is 1.79 bits per heavy atom. The van der Waals surface area contributed by atoms with Crippen molar-refractivity contribution in [2.75, 3.05) is 26.2 Å². The molecule has 2 N–H and O–H groups in total. The lowest BCUT2D eigenvalue weighted by Gasteiger charge is -2.20. The number of aliphatic hydroxyl groups excluding tert-OH is 1. The second kappa shape index (κ2) is 8.39. The number of aliphatic carboxylic acids is 1. The fourth-order valence-electron chi connectivity index (χ4n) is 1.74. The van der Waals surface area contributed by atoms with Crippen molar-refractivity contribution in [1.29, 1.82) is 0 Å². The molecule has 0 amide bonds. The number of hydrogen-bond acceptors (Lipinski definition) is 4. The Balaban J connectivity index is 2.55. The van der Waals surface area contributed by atoms with Crippen LogP contribution in [0.3, 0.4) is 0 Å². The highest BCUT2D eigenvalue weighted by Crippen LogP contribution is 2.03. The van der Waals surface area contributed by atoms with Crippen molar-refractivity contribution in [1.82, 2.24) is 4.90 Å².